The molecule has 1 aromatic carbocycles. The first kappa shape index (κ1) is 20.7. The molecule has 0 spiro atoms. The molecule has 126 valence electrons. The van der Waals surface area contributed by atoms with E-state index in [9.17, 15) is 18.0 Å². The minimum Gasteiger partial charge on any atom is -0.348 e. The van der Waals surface area contributed by atoms with E-state index in [0.717, 1.165) is 18.6 Å². The molecule has 0 aliphatic rings. The Hall–Kier alpha value is -1.27. The first-order valence-corrected chi connectivity index (χ1v) is 6.85. The first-order valence-electron chi connectivity index (χ1n) is 6.85. The number of hydrogen-bond acceptors (Lipinski definition) is 2. The molecule has 0 heterocycles. The van der Waals surface area contributed by atoms with Crippen LogP contribution in [0.2, 0.25) is 0 Å². The molecule has 0 saturated heterocycles. The first-order chi connectivity index (χ1) is 9.58. The van der Waals surface area contributed by atoms with Gasteiger partial charge in [-0.3, -0.25) is 4.79 Å². The Morgan fingerprint density at radius 1 is 1.36 bits per heavy atom. The van der Waals surface area contributed by atoms with Crippen LogP contribution < -0.4 is 11.1 Å². The van der Waals surface area contributed by atoms with Crippen molar-refractivity contribution in [2.24, 2.45) is 5.73 Å². The molecule has 2 unspecified atom stereocenters. The molecule has 0 aromatic heterocycles. The van der Waals surface area contributed by atoms with E-state index in [-0.39, 0.29) is 18.3 Å². The van der Waals surface area contributed by atoms with Gasteiger partial charge in [0.1, 0.15) is 0 Å². The summed E-state index contributed by atoms with van der Waals surface area (Å²) in [6.45, 7) is 5.16. The molecule has 7 heteroatoms. The smallest absolute Gasteiger partial charge is 0.348 e. The van der Waals surface area contributed by atoms with E-state index >= 15 is 0 Å². The number of nitrogens with one attached hydrogen (secondary N) is 1. The Bertz CT molecular complexity index is 504. The molecule has 1 rings (SSSR count). The van der Waals surface area contributed by atoms with Crippen LogP contribution in [-0.4, -0.2) is 11.4 Å². The minimum atomic E-state index is -4.40. The average Bonchev–Trinajstić information content (AvgIpc) is 2.37. The Kier molecular flexibility index (Phi) is 7.38. The van der Waals surface area contributed by atoms with Crippen molar-refractivity contribution >= 4 is 18.3 Å². The van der Waals surface area contributed by atoms with E-state index in [1.807, 2.05) is 6.92 Å². The lowest BCUT2D eigenvalue weighted by Crippen LogP contribution is -2.52. The summed E-state index contributed by atoms with van der Waals surface area (Å²) >= 11 is 0. The number of rotatable bonds is 5. The van der Waals surface area contributed by atoms with Crippen LogP contribution in [0.3, 0.4) is 0 Å². The van der Waals surface area contributed by atoms with E-state index in [2.05, 4.69) is 5.32 Å². The van der Waals surface area contributed by atoms with E-state index in [1.54, 1.807) is 19.9 Å². The van der Waals surface area contributed by atoms with Gasteiger partial charge >= 0.3 is 6.18 Å². The quantitative estimate of drug-likeness (QED) is 0.857. The summed E-state index contributed by atoms with van der Waals surface area (Å²) in [5, 5.41) is 2.67. The van der Waals surface area contributed by atoms with Crippen LogP contribution in [0.1, 0.15) is 50.8 Å². The molecule has 1 aromatic rings. The van der Waals surface area contributed by atoms with Gasteiger partial charge in [-0.05, 0) is 38.0 Å². The number of halogens is 4. The van der Waals surface area contributed by atoms with Gasteiger partial charge in [-0.2, -0.15) is 13.2 Å². The summed E-state index contributed by atoms with van der Waals surface area (Å²) in [7, 11) is 0. The van der Waals surface area contributed by atoms with Crippen LogP contribution in [0.4, 0.5) is 13.2 Å². The van der Waals surface area contributed by atoms with Crippen LogP contribution in [-0.2, 0) is 11.0 Å². The molecule has 3 nitrogen and oxygen atoms in total. The van der Waals surface area contributed by atoms with Gasteiger partial charge in [-0.15, -0.1) is 12.4 Å². The highest BCUT2D eigenvalue weighted by molar-refractivity contribution is 5.86. The molecule has 0 aliphatic carbocycles. The number of amides is 1. The highest BCUT2D eigenvalue weighted by Crippen LogP contribution is 2.30. The average molecular weight is 339 g/mol. The number of carbonyl (C=O) groups is 1. The van der Waals surface area contributed by atoms with Gasteiger partial charge in [0.25, 0.3) is 0 Å². The van der Waals surface area contributed by atoms with Gasteiger partial charge in [0.15, 0.2) is 0 Å². The lowest BCUT2D eigenvalue weighted by atomic mass is 9.95. The van der Waals surface area contributed by atoms with Gasteiger partial charge in [-0.25, -0.2) is 0 Å². The fourth-order valence-electron chi connectivity index (χ4n) is 2.06. The summed E-state index contributed by atoms with van der Waals surface area (Å²) in [6.07, 6.45) is -3.14. The molecule has 0 fully saturated rings. The van der Waals surface area contributed by atoms with Crippen molar-refractivity contribution in [2.75, 3.05) is 0 Å². The third kappa shape index (κ3) is 5.50. The summed E-state index contributed by atoms with van der Waals surface area (Å²) < 4.78 is 38.0. The second-order valence-electron chi connectivity index (χ2n) is 5.49. The molecular weight excluding hydrogens is 317 g/mol. The van der Waals surface area contributed by atoms with E-state index in [4.69, 9.17) is 5.73 Å². The molecule has 1 amide bonds. The SMILES string of the molecule is CCCC(C)(N)C(=O)NC(C)c1cccc(C(F)(F)F)c1.Cl. The zero-order valence-electron chi connectivity index (χ0n) is 12.8. The normalized spacial score (nSPS) is 15.4. The number of alkyl halides is 3. The highest BCUT2D eigenvalue weighted by Gasteiger charge is 2.32. The van der Waals surface area contributed by atoms with Crippen molar-refractivity contribution < 1.29 is 18.0 Å². The number of hydrogen-bond donors (Lipinski definition) is 2. The zero-order chi connectivity index (χ0) is 16.3. The molecule has 0 aliphatic heterocycles. The maximum Gasteiger partial charge on any atom is 0.416 e. The molecule has 2 atom stereocenters. The number of benzene rings is 1. The maximum absolute atomic E-state index is 12.7. The van der Waals surface area contributed by atoms with Crippen LogP contribution in [0.15, 0.2) is 24.3 Å². The molecule has 22 heavy (non-hydrogen) atoms. The fraction of sp³-hybridized carbons (Fsp3) is 0.533. The maximum atomic E-state index is 12.7. The topological polar surface area (TPSA) is 55.1 Å². The van der Waals surface area contributed by atoms with Crippen molar-refractivity contribution in [1.29, 1.82) is 0 Å². The Morgan fingerprint density at radius 2 is 1.95 bits per heavy atom. The van der Waals surface area contributed by atoms with E-state index < -0.39 is 23.3 Å². The Labute approximate surface area is 134 Å². The highest BCUT2D eigenvalue weighted by atomic mass is 35.5. The van der Waals surface area contributed by atoms with Crippen molar-refractivity contribution in [3.8, 4) is 0 Å². The predicted octanol–water partition coefficient (Wildman–Crippen LogP) is 3.82. The number of carbonyl (C=O) groups excluding carboxylic acids is 1. The van der Waals surface area contributed by atoms with Crippen LogP contribution in [0.5, 0.6) is 0 Å². The summed E-state index contributed by atoms with van der Waals surface area (Å²) in [4.78, 5) is 12.1. The third-order valence-electron chi connectivity index (χ3n) is 3.35. The molecule has 0 radical (unpaired) electrons. The van der Waals surface area contributed by atoms with Gasteiger partial charge in [0.05, 0.1) is 17.1 Å². The minimum absolute atomic E-state index is 0. The largest absolute Gasteiger partial charge is 0.416 e. The predicted molar refractivity (Wildman–Crippen MR) is 82.8 cm³/mol. The van der Waals surface area contributed by atoms with Gasteiger partial charge < -0.3 is 11.1 Å². The molecule has 0 saturated carbocycles. The lowest BCUT2D eigenvalue weighted by Gasteiger charge is -2.26. The summed E-state index contributed by atoms with van der Waals surface area (Å²) in [6, 6.07) is 4.38. The van der Waals surface area contributed by atoms with Crippen molar-refractivity contribution in [1.82, 2.24) is 5.32 Å². The fourth-order valence-corrected chi connectivity index (χ4v) is 2.06. The van der Waals surface area contributed by atoms with Crippen molar-refractivity contribution in [3.63, 3.8) is 0 Å². The van der Waals surface area contributed by atoms with E-state index in [1.165, 1.54) is 6.07 Å². The van der Waals surface area contributed by atoms with Crippen molar-refractivity contribution in [3.05, 3.63) is 35.4 Å². The molecular formula is C15H22ClF3N2O. The summed E-state index contributed by atoms with van der Waals surface area (Å²) in [5.41, 5.74) is 4.54. The Morgan fingerprint density at radius 3 is 2.45 bits per heavy atom. The van der Waals surface area contributed by atoms with Crippen molar-refractivity contribution in [2.45, 2.75) is 51.4 Å². The second-order valence-corrected chi connectivity index (χ2v) is 5.49. The Balaban J connectivity index is 0.00000441. The van der Waals surface area contributed by atoms with E-state index in [0.29, 0.717) is 12.0 Å². The molecule has 0 bridgehead atoms. The zero-order valence-corrected chi connectivity index (χ0v) is 13.6. The van der Waals surface area contributed by atoms with Gasteiger partial charge in [-0.1, -0.05) is 25.5 Å². The summed E-state index contributed by atoms with van der Waals surface area (Å²) in [5.74, 6) is -0.366. The molecule has 3 N–H and O–H groups in total. The van der Waals surface area contributed by atoms with Crippen LogP contribution >= 0.6 is 12.4 Å². The third-order valence-corrected chi connectivity index (χ3v) is 3.35. The van der Waals surface area contributed by atoms with Gasteiger partial charge in [0.2, 0.25) is 5.91 Å². The standard InChI is InChI=1S/C15H21F3N2O.ClH/c1-4-8-14(3,19)13(21)20-10(2)11-6-5-7-12(9-11)15(16,17)18;/h5-7,9-10H,4,8,19H2,1-3H3,(H,20,21);1H. The lowest BCUT2D eigenvalue weighted by molar-refractivity contribution is -0.137. The second kappa shape index (κ2) is 7.83. The van der Waals surface area contributed by atoms with Crippen LogP contribution in [0, 0.1) is 0 Å². The monoisotopic (exact) mass is 338 g/mol. The van der Waals surface area contributed by atoms with Crippen LogP contribution in [0.25, 0.3) is 0 Å². The van der Waals surface area contributed by atoms with Gasteiger partial charge in [0, 0.05) is 0 Å². The number of nitrogens with two attached hydrogens (primary N) is 1.